The molecule has 0 aliphatic heterocycles. The number of carbonyl (C=O) groups is 1. The average Bonchev–Trinajstić information content (AvgIpc) is 3.19. The molecule has 102 valence electrons. The summed E-state index contributed by atoms with van der Waals surface area (Å²) in [7, 11) is 0. The highest BCUT2D eigenvalue weighted by molar-refractivity contribution is 9.10. The zero-order valence-corrected chi connectivity index (χ0v) is 12.8. The van der Waals surface area contributed by atoms with Crippen LogP contribution in [-0.2, 0) is 4.79 Å². The molecule has 0 unspecified atom stereocenters. The van der Waals surface area contributed by atoms with Crippen LogP contribution in [0.25, 0.3) is 0 Å². The van der Waals surface area contributed by atoms with Crippen molar-refractivity contribution in [3.8, 4) is 5.75 Å². The summed E-state index contributed by atoms with van der Waals surface area (Å²) in [6, 6.07) is 5.12. The number of rotatable bonds is 5. The van der Waals surface area contributed by atoms with Crippen molar-refractivity contribution in [2.45, 2.75) is 19.8 Å². The summed E-state index contributed by atoms with van der Waals surface area (Å²) < 4.78 is 6.09. The van der Waals surface area contributed by atoms with Crippen LogP contribution in [0, 0.1) is 5.92 Å². The predicted octanol–water partition coefficient (Wildman–Crippen LogP) is 3.38. The van der Waals surface area contributed by atoms with Crippen LogP contribution in [0.2, 0.25) is 5.02 Å². The normalized spacial score (nSPS) is 15.2. The number of hydrogen-bond donors (Lipinski definition) is 1. The number of carbonyl (C=O) groups excluding carboxylic acids is 1. The molecule has 0 aromatic heterocycles. The third-order valence-electron chi connectivity index (χ3n) is 2.78. The van der Waals surface area contributed by atoms with E-state index in [4.69, 9.17) is 16.3 Å². The van der Waals surface area contributed by atoms with Gasteiger partial charge in [0.1, 0.15) is 5.75 Å². The van der Waals surface area contributed by atoms with Crippen LogP contribution in [0.3, 0.4) is 0 Å². The van der Waals surface area contributed by atoms with E-state index in [2.05, 4.69) is 26.5 Å². The van der Waals surface area contributed by atoms with E-state index in [1.165, 1.54) is 12.8 Å². The van der Waals surface area contributed by atoms with Crippen molar-refractivity contribution in [3.05, 3.63) is 27.7 Å². The first-order valence-corrected chi connectivity index (χ1v) is 7.14. The molecule has 1 aromatic carbocycles. The fourth-order valence-corrected chi connectivity index (χ4v) is 2.31. The molecule has 1 aliphatic carbocycles. The van der Waals surface area contributed by atoms with Crippen LogP contribution >= 0.6 is 27.5 Å². The van der Waals surface area contributed by atoms with E-state index < -0.39 is 0 Å². The molecule has 6 heteroatoms. The van der Waals surface area contributed by atoms with Crippen LogP contribution in [0.5, 0.6) is 5.75 Å². The van der Waals surface area contributed by atoms with Crippen molar-refractivity contribution in [2.24, 2.45) is 11.0 Å². The van der Waals surface area contributed by atoms with Gasteiger partial charge in [0.2, 0.25) is 0 Å². The van der Waals surface area contributed by atoms with E-state index in [9.17, 15) is 4.79 Å². The molecule has 2 rings (SSSR count). The van der Waals surface area contributed by atoms with Crippen LogP contribution in [0.4, 0.5) is 0 Å². The van der Waals surface area contributed by atoms with Gasteiger partial charge in [0.05, 0.1) is 4.47 Å². The van der Waals surface area contributed by atoms with Crippen molar-refractivity contribution >= 4 is 39.1 Å². The fourth-order valence-electron chi connectivity index (χ4n) is 1.51. The molecular formula is C13H14BrClN2O2. The topological polar surface area (TPSA) is 50.7 Å². The fraction of sp³-hybridized carbons (Fsp3) is 0.385. The molecule has 0 heterocycles. The molecule has 0 bridgehead atoms. The first-order valence-electron chi connectivity index (χ1n) is 5.97. The lowest BCUT2D eigenvalue weighted by atomic mass is 10.3. The van der Waals surface area contributed by atoms with Gasteiger partial charge >= 0.3 is 0 Å². The Hall–Kier alpha value is -1.07. The molecule has 1 fully saturated rings. The molecule has 1 aliphatic rings. The summed E-state index contributed by atoms with van der Waals surface area (Å²) in [4.78, 5) is 11.6. The molecule has 4 nitrogen and oxygen atoms in total. The second kappa shape index (κ2) is 6.39. The van der Waals surface area contributed by atoms with Gasteiger partial charge < -0.3 is 4.74 Å². The maximum Gasteiger partial charge on any atom is 0.277 e. The Labute approximate surface area is 125 Å². The number of hydrazone groups is 1. The van der Waals surface area contributed by atoms with Crippen molar-refractivity contribution in [3.63, 3.8) is 0 Å². The third-order valence-corrected chi connectivity index (χ3v) is 3.63. The minimum absolute atomic E-state index is 0.0817. The molecule has 1 amide bonds. The van der Waals surface area contributed by atoms with Crippen molar-refractivity contribution in [1.29, 1.82) is 0 Å². The maximum atomic E-state index is 11.6. The Morgan fingerprint density at radius 1 is 1.58 bits per heavy atom. The summed E-state index contributed by atoms with van der Waals surface area (Å²) in [5.41, 5.74) is 3.46. The van der Waals surface area contributed by atoms with Gasteiger partial charge in [-0.2, -0.15) is 5.10 Å². The van der Waals surface area contributed by atoms with Gasteiger partial charge in [-0.15, -0.1) is 0 Å². The first-order chi connectivity index (χ1) is 9.06. The predicted molar refractivity (Wildman–Crippen MR) is 78.6 cm³/mol. The smallest absolute Gasteiger partial charge is 0.277 e. The number of benzene rings is 1. The van der Waals surface area contributed by atoms with Crippen molar-refractivity contribution < 1.29 is 9.53 Å². The highest BCUT2D eigenvalue weighted by atomic mass is 79.9. The molecule has 0 atom stereocenters. The molecular weight excluding hydrogens is 332 g/mol. The van der Waals surface area contributed by atoms with Crippen molar-refractivity contribution in [2.75, 3.05) is 6.61 Å². The van der Waals surface area contributed by atoms with Crippen LogP contribution in [-0.4, -0.2) is 18.2 Å². The maximum absolute atomic E-state index is 11.6. The monoisotopic (exact) mass is 344 g/mol. The standard InChI is InChI=1S/C13H14BrClN2O2/c1-8(9-2-3-9)16-17-13(18)7-19-12-5-4-10(15)6-11(12)14/h4-6,9H,2-3,7H2,1H3,(H,17,18)/b16-8+. The zero-order chi connectivity index (χ0) is 13.8. The van der Waals surface area contributed by atoms with Crippen LogP contribution in [0.1, 0.15) is 19.8 Å². The zero-order valence-electron chi connectivity index (χ0n) is 10.5. The third kappa shape index (κ3) is 4.51. The van der Waals surface area contributed by atoms with Crippen LogP contribution in [0.15, 0.2) is 27.8 Å². The average molecular weight is 346 g/mol. The Morgan fingerprint density at radius 3 is 2.95 bits per heavy atom. The lowest BCUT2D eigenvalue weighted by Gasteiger charge is -2.07. The van der Waals surface area contributed by atoms with E-state index in [1.54, 1.807) is 18.2 Å². The number of halogens is 2. The lowest BCUT2D eigenvalue weighted by Crippen LogP contribution is -2.25. The van der Waals surface area contributed by atoms with Gasteiger partial charge in [-0.3, -0.25) is 4.79 Å². The van der Waals surface area contributed by atoms with E-state index in [0.717, 1.165) is 5.71 Å². The second-order valence-corrected chi connectivity index (χ2v) is 5.72. The number of ether oxygens (including phenoxy) is 1. The highest BCUT2D eigenvalue weighted by Gasteiger charge is 2.24. The Balaban J connectivity index is 1.81. The van der Waals surface area contributed by atoms with Gasteiger partial charge in [0.15, 0.2) is 6.61 Å². The molecule has 19 heavy (non-hydrogen) atoms. The first kappa shape index (κ1) is 14.3. The highest BCUT2D eigenvalue weighted by Crippen LogP contribution is 2.30. The molecule has 1 N–H and O–H groups in total. The molecule has 1 saturated carbocycles. The van der Waals surface area contributed by atoms with Gasteiger partial charge in [0.25, 0.3) is 5.91 Å². The SMILES string of the molecule is C/C(=N\NC(=O)COc1ccc(Cl)cc1Br)C1CC1. The van der Waals surface area contributed by atoms with Crippen molar-refractivity contribution in [1.82, 2.24) is 5.43 Å². The Bertz CT molecular complexity index is 515. The van der Waals surface area contributed by atoms with Crippen LogP contribution < -0.4 is 10.2 Å². The molecule has 0 spiro atoms. The summed E-state index contributed by atoms with van der Waals surface area (Å²) in [6.45, 7) is 1.84. The van der Waals surface area contributed by atoms with E-state index in [-0.39, 0.29) is 12.5 Å². The summed E-state index contributed by atoms with van der Waals surface area (Å²) in [6.07, 6.45) is 2.33. The van der Waals surface area contributed by atoms with Gasteiger partial charge in [-0.1, -0.05) is 11.6 Å². The summed E-state index contributed by atoms with van der Waals surface area (Å²) in [5.74, 6) is 0.843. The Morgan fingerprint density at radius 2 is 2.32 bits per heavy atom. The molecule has 1 aromatic rings. The lowest BCUT2D eigenvalue weighted by molar-refractivity contribution is -0.123. The van der Waals surface area contributed by atoms with Gasteiger partial charge in [-0.05, 0) is 59.8 Å². The number of nitrogens with zero attached hydrogens (tertiary/aromatic N) is 1. The minimum Gasteiger partial charge on any atom is -0.483 e. The molecule has 0 radical (unpaired) electrons. The van der Waals surface area contributed by atoms with E-state index in [1.807, 2.05) is 6.92 Å². The summed E-state index contributed by atoms with van der Waals surface area (Å²) in [5, 5.41) is 4.64. The number of nitrogens with one attached hydrogen (secondary N) is 1. The minimum atomic E-state index is -0.276. The van der Waals surface area contributed by atoms with E-state index in [0.29, 0.717) is 21.2 Å². The number of amides is 1. The second-order valence-electron chi connectivity index (χ2n) is 4.43. The molecule has 0 saturated heterocycles. The largest absolute Gasteiger partial charge is 0.483 e. The summed E-state index contributed by atoms with van der Waals surface area (Å²) >= 11 is 9.14. The van der Waals surface area contributed by atoms with Gasteiger partial charge in [-0.25, -0.2) is 5.43 Å². The Kier molecular flexibility index (Phi) is 4.82. The quantitative estimate of drug-likeness (QED) is 0.657. The van der Waals surface area contributed by atoms with Gasteiger partial charge in [0, 0.05) is 10.7 Å². The number of hydrogen-bond acceptors (Lipinski definition) is 3. The van der Waals surface area contributed by atoms with E-state index >= 15 is 0 Å².